The molecule has 1 aromatic carbocycles. The third kappa shape index (κ3) is 3.69. The van der Waals surface area contributed by atoms with Gasteiger partial charge in [0.25, 0.3) is 0 Å². The van der Waals surface area contributed by atoms with Gasteiger partial charge in [-0.2, -0.15) is 0 Å². The third-order valence-corrected chi connectivity index (χ3v) is 4.45. The Morgan fingerprint density at radius 2 is 2.00 bits per heavy atom. The number of ether oxygens (including phenoxy) is 1. The summed E-state index contributed by atoms with van der Waals surface area (Å²) in [7, 11) is 2.09. The summed E-state index contributed by atoms with van der Waals surface area (Å²) >= 11 is 0. The molecule has 0 bridgehead atoms. The average molecular weight is 290 g/mol. The van der Waals surface area contributed by atoms with E-state index in [4.69, 9.17) is 10.5 Å². The van der Waals surface area contributed by atoms with Crippen LogP contribution < -0.4 is 10.6 Å². The minimum atomic E-state index is -0.315. The van der Waals surface area contributed by atoms with Gasteiger partial charge in [-0.05, 0) is 56.7 Å². The van der Waals surface area contributed by atoms with E-state index in [1.807, 2.05) is 6.07 Å². The Balaban J connectivity index is 2.11. The van der Waals surface area contributed by atoms with Crippen molar-refractivity contribution in [1.82, 2.24) is 0 Å². The molecule has 0 amide bonds. The molecule has 1 aromatic rings. The molecule has 2 N–H and O–H groups in total. The van der Waals surface area contributed by atoms with E-state index in [9.17, 15) is 4.79 Å². The van der Waals surface area contributed by atoms with E-state index in [1.165, 1.54) is 25.7 Å². The fraction of sp³-hybridized carbons (Fsp3) is 0.588. The van der Waals surface area contributed by atoms with Crippen LogP contribution in [0.25, 0.3) is 0 Å². The summed E-state index contributed by atoms with van der Waals surface area (Å²) in [4.78, 5) is 14.0. The number of carbonyl (C=O) groups is 1. The molecule has 4 heteroatoms. The minimum absolute atomic E-state index is 0.315. The summed E-state index contributed by atoms with van der Waals surface area (Å²) in [6.07, 6.45) is 4.96. The third-order valence-electron chi connectivity index (χ3n) is 4.45. The number of carbonyl (C=O) groups excluding carboxylic acids is 1. The van der Waals surface area contributed by atoms with Crippen LogP contribution >= 0.6 is 0 Å². The summed E-state index contributed by atoms with van der Waals surface area (Å²) in [5, 5.41) is 0. The predicted octanol–water partition coefficient (Wildman–Crippen LogP) is 3.46. The fourth-order valence-corrected chi connectivity index (χ4v) is 3.04. The Morgan fingerprint density at radius 3 is 2.57 bits per heavy atom. The van der Waals surface area contributed by atoms with Gasteiger partial charge in [-0.1, -0.05) is 6.92 Å². The lowest BCUT2D eigenvalue weighted by Gasteiger charge is -2.35. The normalized spacial score (nSPS) is 21.9. The van der Waals surface area contributed by atoms with E-state index in [0.29, 0.717) is 23.9 Å². The van der Waals surface area contributed by atoms with E-state index in [2.05, 4.69) is 18.9 Å². The molecule has 0 heterocycles. The first-order chi connectivity index (χ1) is 10.0. The Hall–Kier alpha value is -1.71. The smallest absolute Gasteiger partial charge is 0.338 e. The lowest BCUT2D eigenvalue weighted by atomic mass is 9.86. The van der Waals surface area contributed by atoms with Crippen LogP contribution in [0.5, 0.6) is 0 Å². The SMILES string of the molecule is CCOC(=O)c1ccc(N(C)C2CCC(C)CC2)c(N)c1. The first kappa shape index (κ1) is 15.7. The molecule has 0 aromatic heterocycles. The standard InChI is InChI=1S/C17H26N2O2/c1-4-21-17(20)13-7-10-16(15(18)11-13)19(3)14-8-5-12(2)6-9-14/h7,10-12,14H,4-6,8-9,18H2,1-3H3. The van der Waals surface area contributed by atoms with Gasteiger partial charge in [0, 0.05) is 13.1 Å². The molecule has 2 rings (SSSR count). The molecule has 0 unspecified atom stereocenters. The molecular formula is C17H26N2O2. The van der Waals surface area contributed by atoms with E-state index in [0.717, 1.165) is 11.6 Å². The molecule has 1 saturated carbocycles. The van der Waals surface area contributed by atoms with Gasteiger partial charge in [0.15, 0.2) is 0 Å². The number of esters is 1. The summed E-state index contributed by atoms with van der Waals surface area (Å²) in [5.41, 5.74) is 8.30. The van der Waals surface area contributed by atoms with Crippen molar-refractivity contribution in [1.29, 1.82) is 0 Å². The summed E-state index contributed by atoms with van der Waals surface area (Å²) < 4.78 is 5.00. The highest BCUT2D eigenvalue weighted by Crippen LogP contribution is 2.32. The van der Waals surface area contributed by atoms with Gasteiger partial charge < -0.3 is 15.4 Å². The molecule has 21 heavy (non-hydrogen) atoms. The van der Waals surface area contributed by atoms with Crippen molar-refractivity contribution in [3.63, 3.8) is 0 Å². The van der Waals surface area contributed by atoms with Crippen LogP contribution in [0.2, 0.25) is 0 Å². The number of nitrogens with zero attached hydrogens (tertiary/aromatic N) is 1. The number of rotatable bonds is 4. The highest BCUT2D eigenvalue weighted by Gasteiger charge is 2.23. The second-order valence-electron chi connectivity index (χ2n) is 6.02. The topological polar surface area (TPSA) is 55.6 Å². The number of anilines is 2. The monoisotopic (exact) mass is 290 g/mol. The van der Waals surface area contributed by atoms with Crippen LogP contribution in [-0.4, -0.2) is 25.7 Å². The largest absolute Gasteiger partial charge is 0.462 e. The molecule has 0 spiro atoms. The Labute approximate surface area is 127 Å². The number of nitrogens with two attached hydrogens (primary N) is 1. The second kappa shape index (κ2) is 6.83. The zero-order chi connectivity index (χ0) is 15.4. The highest BCUT2D eigenvalue weighted by atomic mass is 16.5. The van der Waals surface area contributed by atoms with Gasteiger partial charge in [-0.3, -0.25) is 0 Å². The van der Waals surface area contributed by atoms with E-state index < -0.39 is 0 Å². The molecule has 0 atom stereocenters. The van der Waals surface area contributed by atoms with Crippen molar-refractivity contribution in [2.45, 2.75) is 45.6 Å². The zero-order valence-electron chi connectivity index (χ0n) is 13.3. The minimum Gasteiger partial charge on any atom is -0.462 e. The molecule has 4 nitrogen and oxygen atoms in total. The van der Waals surface area contributed by atoms with Crippen LogP contribution in [0.15, 0.2) is 18.2 Å². The predicted molar refractivity (Wildman–Crippen MR) is 86.6 cm³/mol. The molecule has 0 saturated heterocycles. The van der Waals surface area contributed by atoms with Gasteiger partial charge in [0.05, 0.1) is 23.5 Å². The Kier molecular flexibility index (Phi) is 5.10. The van der Waals surface area contributed by atoms with Crippen LogP contribution in [-0.2, 0) is 4.74 Å². The van der Waals surface area contributed by atoms with Crippen molar-refractivity contribution >= 4 is 17.3 Å². The van der Waals surface area contributed by atoms with Crippen LogP contribution in [0, 0.1) is 5.92 Å². The molecule has 116 valence electrons. The van der Waals surface area contributed by atoms with Gasteiger partial charge in [-0.25, -0.2) is 4.79 Å². The number of hydrogen-bond donors (Lipinski definition) is 1. The molecule has 1 fully saturated rings. The number of hydrogen-bond acceptors (Lipinski definition) is 4. The fourth-order valence-electron chi connectivity index (χ4n) is 3.04. The van der Waals surface area contributed by atoms with Crippen LogP contribution in [0.1, 0.15) is 49.9 Å². The van der Waals surface area contributed by atoms with Gasteiger partial charge in [0.1, 0.15) is 0 Å². The molecule has 0 aliphatic heterocycles. The Morgan fingerprint density at radius 1 is 1.33 bits per heavy atom. The van der Waals surface area contributed by atoms with Crippen LogP contribution in [0.4, 0.5) is 11.4 Å². The van der Waals surface area contributed by atoms with E-state index in [1.54, 1.807) is 19.1 Å². The van der Waals surface area contributed by atoms with Crippen molar-refractivity contribution < 1.29 is 9.53 Å². The summed E-state index contributed by atoms with van der Waals surface area (Å²) in [6.45, 7) is 4.49. The maximum absolute atomic E-state index is 11.7. The van der Waals surface area contributed by atoms with Crippen LogP contribution in [0.3, 0.4) is 0 Å². The quantitative estimate of drug-likeness (QED) is 0.681. The highest BCUT2D eigenvalue weighted by molar-refractivity contribution is 5.92. The summed E-state index contributed by atoms with van der Waals surface area (Å²) in [6, 6.07) is 5.98. The van der Waals surface area contributed by atoms with Gasteiger partial charge in [0.2, 0.25) is 0 Å². The van der Waals surface area contributed by atoms with Gasteiger partial charge in [-0.15, -0.1) is 0 Å². The summed E-state index contributed by atoms with van der Waals surface area (Å²) in [5.74, 6) is 0.517. The Bertz CT molecular complexity index is 494. The van der Waals surface area contributed by atoms with Crippen molar-refractivity contribution in [2.24, 2.45) is 5.92 Å². The molecular weight excluding hydrogens is 264 g/mol. The molecule has 1 aliphatic rings. The first-order valence-electron chi connectivity index (χ1n) is 7.82. The van der Waals surface area contributed by atoms with Crippen molar-refractivity contribution in [3.05, 3.63) is 23.8 Å². The number of nitrogen functional groups attached to an aromatic ring is 1. The average Bonchev–Trinajstić information content (AvgIpc) is 2.47. The van der Waals surface area contributed by atoms with E-state index >= 15 is 0 Å². The van der Waals surface area contributed by atoms with Gasteiger partial charge >= 0.3 is 5.97 Å². The maximum Gasteiger partial charge on any atom is 0.338 e. The maximum atomic E-state index is 11.7. The lowest BCUT2D eigenvalue weighted by molar-refractivity contribution is 0.0526. The van der Waals surface area contributed by atoms with Crippen molar-refractivity contribution in [3.8, 4) is 0 Å². The zero-order valence-corrected chi connectivity index (χ0v) is 13.3. The first-order valence-corrected chi connectivity index (χ1v) is 7.82. The second-order valence-corrected chi connectivity index (χ2v) is 6.02. The molecule has 1 aliphatic carbocycles. The molecule has 0 radical (unpaired) electrons. The lowest BCUT2D eigenvalue weighted by Crippen LogP contribution is -2.35. The number of benzene rings is 1. The van der Waals surface area contributed by atoms with E-state index in [-0.39, 0.29) is 5.97 Å². The van der Waals surface area contributed by atoms with Crippen molar-refractivity contribution in [2.75, 3.05) is 24.3 Å².